The van der Waals surface area contributed by atoms with Gasteiger partial charge in [-0.15, -0.1) is 0 Å². The largest absolute Gasteiger partial charge is 0.462 e. The number of nitrogens with one attached hydrogen (secondary N) is 2. The molecule has 2 aromatic heterocycles. The summed E-state index contributed by atoms with van der Waals surface area (Å²) in [5.41, 5.74) is 1.28. The summed E-state index contributed by atoms with van der Waals surface area (Å²) < 4.78 is 19.5. The second-order valence-electron chi connectivity index (χ2n) is 5.26. The molecular weight excluding hydrogens is 339 g/mol. The van der Waals surface area contributed by atoms with Crippen LogP contribution < -0.4 is 5.32 Å². The Labute approximate surface area is 147 Å². The number of hydrogen-bond acceptors (Lipinski definition) is 5. The third-order valence-corrected chi connectivity index (χ3v) is 3.64. The van der Waals surface area contributed by atoms with Gasteiger partial charge in [0.1, 0.15) is 17.8 Å². The van der Waals surface area contributed by atoms with Gasteiger partial charge in [-0.05, 0) is 31.2 Å². The summed E-state index contributed by atoms with van der Waals surface area (Å²) in [5.74, 6) is -1.55. The van der Waals surface area contributed by atoms with Crippen molar-refractivity contribution in [2.24, 2.45) is 0 Å². The first-order chi connectivity index (χ1) is 12.5. The topological polar surface area (TPSA) is 97.0 Å². The van der Waals surface area contributed by atoms with Crippen LogP contribution in [0.1, 0.15) is 17.3 Å². The van der Waals surface area contributed by atoms with Crippen molar-refractivity contribution in [3.05, 3.63) is 54.8 Å². The van der Waals surface area contributed by atoms with Crippen LogP contribution in [-0.2, 0) is 9.53 Å². The van der Waals surface area contributed by atoms with E-state index in [2.05, 4.69) is 26.8 Å². The molecule has 26 heavy (non-hydrogen) atoms. The average molecular weight is 354 g/mol. The number of anilines is 1. The Balaban J connectivity index is 2.17. The molecule has 0 aliphatic carbocycles. The van der Waals surface area contributed by atoms with Crippen LogP contribution in [0.25, 0.3) is 22.3 Å². The van der Waals surface area contributed by atoms with E-state index >= 15 is 0 Å². The van der Waals surface area contributed by atoms with Crippen molar-refractivity contribution >= 4 is 28.6 Å². The first-order valence-electron chi connectivity index (χ1n) is 7.77. The Morgan fingerprint density at radius 3 is 2.92 bits per heavy atom. The number of carbonyl (C=O) groups is 2. The van der Waals surface area contributed by atoms with E-state index in [4.69, 9.17) is 4.74 Å². The average Bonchev–Trinajstić information content (AvgIpc) is 3.08. The van der Waals surface area contributed by atoms with Crippen molar-refractivity contribution in [2.75, 3.05) is 11.9 Å². The van der Waals surface area contributed by atoms with E-state index in [0.29, 0.717) is 16.7 Å². The Morgan fingerprint density at radius 1 is 1.38 bits per heavy atom. The highest BCUT2D eigenvalue weighted by atomic mass is 19.1. The van der Waals surface area contributed by atoms with Crippen LogP contribution in [0.15, 0.2) is 43.4 Å². The zero-order chi connectivity index (χ0) is 18.7. The van der Waals surface area contributed by atoms with Crippen molar-refractivity contribution in [1.29, 1.82) is 0 Å². The van der Waals surface area contributed by atoms with Crippen molar-refractivity contribution in [1.82, 2.24) is 15.0 Å². The van der Waals surface area contributed by atoms with E-state index in [1.807, 2.05) is 0 Å². The minimum atomic E-state index is -0.564. The minimum Gasteiger partial charge on any atom is -0.462 e. The fraction of sp³-hybridized carbons (Fsp3) is 0.111. The van der Waals surface area contributed by atoms with Gasteiger partial charge in [0.15, 0.2) is 0 Å². The predicted molar refractivity (Wildman–Crippen MR) is 94.1 cm³/mol. The van der Waals surface area contributed by atoms with Gasteiger partial charge >= 0.3 is 5.97 Å². The predicted octanol–water partition coefficient (Wildman–Crippen LogP) is 3.07. The maximum absolute atomic E-state index is 14.5. The fourth-order valence-corrected chi connectivity index (χ4v) is 2.51. The van der Waals surface area contributed by atoms with Crippen LogP contribution in [0.3, 0.4) is 0 Å². The standard InChI is InChI=1S/C18H15FN4O3/c1-3-14(24)23-10-5-6-13(19)11(7-10)16-15-12(18(25)26-4-2)8-20-17(15)22-9-21-16/h3,5-9H,1,4H2,2H3,(H,23,24)(H,20,21,22). The van der Waals surface area contributed by atoms with Crippen LogP contribution in [0.2, 0.25) is 0 Å². The van der Waals surface area contributed by atoms with Crippen molar-refractivity contribution in [3.63, 3.8) is 0 Å². The zero-order valence-electron chi connectivity index (χ0n) is 13.9. The summed E-state index contributed by atoms with van der Waals surface area (Å²) in [5, 5.41) is 2.91. The van der Waals surface area contributed by atoms with Crippen molar-refractivity contribution in [3.8, 4) is 11.3 Å². The maximum Gasteiger partial charge on any atom is 0.340 e. The fourth-order valence-electron chi connectivity index (χ4n) is 2.51. The number of H-pyrrole nitrogens is 1. The Morgan fingerprint density at radius 2 is 2.19 bits per heavy atom. The first-order valence-corrected chi connectivity index (χ1v) is 7.77. The van der Waals surface area contributed by atoms with Crippen molar-refractivity contribution in [2.45, 2.75) is 6.92 Å². The number of benzene rings is 1. The van der Waals surface area contributed by atoms with Gasteiger partial charge in [-0.25, -0.2) is 19.2 Å². The van der Waals surface area contributed by atoms with Crippen molar-refractivity contribution < 1.29 is 18.7 Å². The molecule has 0 saturated carbocycles. The van der Waals surface area contributed by atoms with Gasteiger partial charge < -0.3 is 15.0 Å². The van der Waals surface area contributed by atoms with Gasteiger partial charge in [0.25, 0.3) is 0 Å². The molecule has 0 spiro atoms. The van der Waals surface area contributed by atoms with E-state index < -0.39 is 17.7 Å². The van der Waals surface area contributed by atoms with Gasteiger partial charge in [0.2, 0.25) is 5.91 Å². The second kappa shape index (κ2) is 7.14. The number of rotatable bonds is 5. The zero-order valence-corrected chi connectivity index (χ0v) is 13.9. The summed E-state index contributed by atoms with van der Waals surface area (Å²) in [7, 11) is 0. The number of amides is 1. The van der Waals surface area contributed by atoms with Gasteiger partial charge in [-0.1, -0.05) is 6.58 Å². The monoisotopic (exact) mass is 354 g/mol. The highest BCUT2D eigenvalue weighted by molar-refractivity contribution is 6.08. The molecule has 132 valence electrons. The quantitative estimate of drug-likeness (QED) is 0.542. The molecule has 0 aliphatic rings. The molecular formula is C18H15FN4O3. The van der Waals surface area contributed by atoms with Gasteiger partial charge in [-0.2, -0.15) is 0 Å². The third-order valence-electron chi connectivity index (χ3n) is 3.64. The molecule has 3 rings (SSSR count). The third kappa shape index (κ3) is 3.16. The molecule has 8 heteroatoms. The summed E-state index contributed by atoms with van der Waals surface area (Å²) in [6.07, 6.45) is 3.82. The number of esters is 1. The van der Waals surface area contributed by atoms with E-state index in [-0.39, 0.29) is 23.4 Å². The lowest BCUT2D eigenvalue weighted by atomic mass is 10.0. The number of aromatic nitrogens is 3. The molecule has 0 aliphatic heterocycles. The molecule has 2 heterocycles. The Hall–Kier alpha value is -3.55. The van der Waals surface area contributed by atoms with Crippen LogP contribution >= 0.6 is 0 Å². The molecule has 0 radical (unpaired) electrons. The van der Waals surface area contributed by atoms with Crippen LogP contribution in [-0.4, -0.2) is 33.4 Å². The van der Waals surface area contributed by atoms with Crippen LogP contribution in [0, 0.1) is 5.82 Å². The van der Waals surface area contributed by atoms with Crippen LogP contribution in [0.4, 0.5) is 10.1 Å². The van der Waals surface area contributed by atoms with E-state index in [9.17, 15) is 14.0 Å². The van der Waals surface area contributed by atoms with Gasteiger partial charge in [-0.3, -0.25) is 4.79 Å². The maximum atomic E-state index is 14.5. The number of ether oxygens (including phenoxy) is 1. The lowest BCUT2D eigenvalue weighted by Gasteiger charge is -2.09. The molecule has 0 fully saturated rings. The lowest BCUT2D eigenvalue weighted by molar-refractivity contribution is -0.111. The molecule has 0 bridgehead atoms. The number of carbonyl (C=O) groups excluding carboxylic acids is 2. The number of hydrogen-bond donors (Lipinski definition) is 2. The van der Waals surface area contributed by atoms with Crippen LogP contribution in [0.5, 0.6) is 0 Å². The van der Waals surface area contributed by atoms with Gasteiger partial charge in [0.05, 0.1) is 23.3 Å². The number of fused-ring (bicyclic) bond motifs is 1. The van der Waals surface area contributed by atoms with E-state index in [1.165, 1.54) is 30.7 Å². The van der Waals surface area contributed by atoms with Gasteiger partial charge in [0, 0.05) is 17.4 Å². The molecule has 0 unspecified atom stereocenters. The molecule has 1 amide bonds. The SMILES string of the molecule is C=CC(=O)Nc1ccc(F)c(-c2ncnc3[nH]cc(C(=O)OCC)c23)c1. The molecule has 7 nitrogen and oxygen atoms in total. The number of nitrogens with zero attached hydrogens (tertiary/aromatic N) is 2. The first kappa shape index (κ1) is 17.3. The highest BCUT2D eigenvalue weighted by Gasteiger charge is 2.20. The normalized spacial score (nSPS) is 10.5. The molecule has 3 aromatic rings. The molecule has 2 N–H and O–H groups in total. The Kier molecular flexibility index (Phi) is 4.74. The minimum absolute atomic E-state index is 0.115. The summed E-state index contributed by atoms with van der Waals surface area (Å²) in [6.45, 7) is 5.27. The molecule has 0 atom stereocenters. The number of aromatic amines is 1. The van der Waals surface area contributed by atoms with E-state index in [1.54, 1.807) is 6.92 Å². The summed E-state index contributed by atoms with van der Waals surface area (Å²) in [6, 6.07) is 4.06. The molecule has 0 saturated heterocycles. The second-order valence-corrected chi connectivity index (χ2v) is 5.26. The summed E-state index contributed by atoms with van der Waals surface area (Å²) >= 11 is 0. The number of halogens is 1. The Bertz CT molecular complexity index is 1010. The highest BCUT2D eigenvalue weighted by Crippen LogP contribution is 2.32. The summed E-state index contributed by atoms with van der Waals surface area (Å²) in [4.78, 5) is 34.7. The lowest BCUT2D eigenvalue weighted by Crippen LogP contribution is -2.08. The molecule has 1 aromatic carbocycles. The smallest absolute Gasteiger partial charge is 0.340 e. The van der Waals surface area contributed by atoms with E-state index in [0.717, 1.165) is 6.08 Å².